The van der Waals surface area contributed by atoms with E-state index in [1.807, 2.05) is 24.3 Å². The van der Waals surface area contributed by atoms with E-state index in [1.54, 1.807) is 7.11 Å². The quantitative estimate of drug-likeness (QED) is 0.766. The zero-order valence-corrected chi connectivity index (χ0v) is 12.1. The van der Waals surface area contributed by atoms with Gasteiger partial charge >= 0.3 is 5.97 Å². The van der Waals surface area contributed by atoms with Crippen LogP contribution < -0.4 is 10.1 Å². The third kappa shape index (κ3) is 5.30. The molecule has 0 amide bonds. The molecule has 0 aliphatic carbocycles. The molecule has 0 aliphatic heterocycles. The van der Waals surface area contributed by atoms with E-state index < -0.39 is 0 Å². The van der Waals surface area contributed by atoms with Gasteiger partial charge in [-0.05, 0) is 24.1 Å². The monoisotopic (exact) mass is 265 g/mol. The van der Waals surface area contributed by atoms with Crippen LogP contribution in [0.4, 0.5) is 0 Å². The summed E-state index contributed by atoms with van der Waals surface area (Å²) >= 11 is 0. The maximum absolute atomic E-state index is 11.8. The van der Waals surface area contributed by atoms with Crippen molar-refractivity contribution < 1.29 is 14.3 Å². The molecule has 1 unspecified atom stereocenters. The molecule has 0 heterocycles. The summed E-state index contributed by atoms with van der Waals surface area (Å²) in [6.07, 6.45) is 0.663. The van der Waals surface area contributed by atoms with Gasteiger partial charge in [0.15, 0.2) is 0 Å². The van der Waals surface area contributed by atoms with Crippen LogP contribution in [0, 0.1) is 5.92 Å². The Labute approximate surface area is 115 Å². The lowest BCUT2D eigenvalue weighted by atomic mass is 9.99. The van der Waals surface area contributed by atoms with Crippen LogP contribution >= 0.6 is 0 Å². The minimum atomic E-state index is -0.177. The van der Waals surface area contributed by atoms with E-state index in [1.165, 1.54) is 7.11 Å². The largest absolute Gasteiger partial charge is 0.497 e. The third-order valence-electron chi connectivity index (χ3n) is 2.95. The molecule has 19 heavy (non-hydrogen) atoms. The Morgan fingerprint density at radius 2 is 1.84 bits per heavy atom. The maximum atomic E-state index is 11.8. The summed E-state index contributed by atoms with van der Waals surface area (Å²) in [6.45, 7) is 4.74. The average molecular weight is 265 g/mol. The molecule has 0 spiro atoms. The smallest absolute Gasteiger partial charge is 0.310 e. The Bertz CT molecular complexity index is 387. The van der Waals surface area contributed by atoms with E-state index in [0.29, 0.717) is 19.0 Å². The normalized spacial score (nSPS) is 12.3. The number of carbonyl (C=O) groups excluding carboxylic acids is 1. The van der Waals surface area contributed by atoms with Crippen molar-refractivity contribution in [2.45, 2.75) is 26.3 Å². The van der Waals surface area contributed by atoms with Crippen LogP contribution in [0.15, 0.2) is 24.3 Å². The van der Waals surface area contributed by atoms with Gasteiger partial charge in [0.05, 0.1) is 20.1 Å². The summed E-state index contributed by atoms with van der Waals surface area (Å²) in [4.78, 5) is 11.8. The van der Waals surface area contributed by atoms with Crippen molar-refractivity contribution in [1.82, 2.24) is 5.32 Å². The Hall–Kier alpha value is -1.55. The van der Waals surface area contributed by atoms with Crippen molar-refractivity contribution in [2.75, 3.05) is 20.8 Å². The first kappa shape index (κ1) is 15.5. The van der Waals surface area contributed by atoms with E-state index in [-0.39, 0.29) is 11.9 Å². The fourth-order valence-electron chi connectivity index (χ4n) is 1.83. The second-order valence-electron chi connectivity index (χ2n) is 4.84. The van der Waals surface area contributed by atoms with Crippen molar-refractivity contribution in [3.8, 4) is 5.75 Å². The Balaban J connectivity index is 2.66. The molecule has 1 aromatic carbocycles. The van der Waals surface area contributed by atoms with Crippen LogP contribution in [0.25, 0.3) is 0 Å². The van der Waals surface area contributed by atoms with E-state index in [9.17, 15) is 4.79 Å². The minimum absolute atomic E-state index is 0.166. The summed E-state index contributed by atoms with van der Waals surface area (Å²) in [5.41, 5.74) is 1.10. The van der Waals surface area contributed by atoms with Crippen LogP contribution in [0.2, 0.25) is 0 Å². The van der Waals surface area contributed by atoms with Crippen molar-refractivity contribution >= 4 is 5.97 Å². The number of rotatable bonds is 7. The van der Waals surface area contributed by atoms with Crippen LogP contribution in [-0.4, -0.2) is 32.8 Å². The maximum Gasteiger partial charge on any atom is 0.310 e. The van der Waals surface area contributed by atoms with Gasteiger partial charge in [-0.3, -0.25) is 4.79 Å². The van der Waals surface area contributed by atoms with Crippen molar-refractivity contribution in [2.24, 2.45) is 5.92 Å². The van der Waals surface area contributed by atoms with Gasteiger partial charge in [-0.25, -0.2) is 0 Å². The fraction of sp³-hybridized carbons (Fsp3) is 0.533. The lowest BCUT2D eigenvalue weighted by molar-refractivity contribution is -0.145. The molecule has 0 radical (unpaired) electrons. The minimum Gasteiger partial charge on any atom is -0.497 e. The number of carbonyl (C=O) groups is 1. The highest BCUT2D eigenvalue weighted by Crippen LogP contribution is 2.15. The molecule has 0 fully saturated rings. The summed E-state index contributed by atoms with van der Waals surface area (Å²) in [6, 6.07) is 8.11. The molecular weight excluding hydrogens is 242 g/mol. The molecule has 0 aromatic heterocycles. The Morgan fingerprint density at radius 1 is 1.21 bits per heavy atom. The summed E-state index contributed by atoms with van der Waals surface area (Å²) in [7, 11) is 3.07. The van der Waals surface area contributed by atoms with Crippen LogP contribution in [0.1, 0.15) is 19.4 Å². The SMILES string of the molecule is COC(=O)C(CNC(C)C)Cc1ccc(OC)cc1. The molecule has 0 saturated carbocycles. The van der Waals surface area contributed by atoms with Gasteiger partial charge in [-0.2, -0.15) is 0 Å². The lowest BCUT2D eigenvalue weighted by Gasteiger charge is -2.17. The molecule has 0 bridgehead atoms. The first-order valence-corrected chi connectivity index (χ1v) is 6.51. The van der Waals surface area contributed by atoms with Gasteiger partial charge in [-0.15, -0.1) is 0 Å². The molecule has 4 heteroatoms. The number of esters is 1. The Kier molecular flexibility index (Phi) is 6.36. The number of nitrogens with one attached hydrogen (secondary N) is 1. The zero-order chi connectivity index (χ0) is 14.3. The second-order valence-corrected chi connectivity index (χ2v) is 4.84. The van der Waals surface area contributed by atoms with E-state index in [0.717, 1.165) is 11.3 Å². The van der Waals surface area contributed by atoms with Crippen LogP contribution in [0.3, 0.4) is 0 Å². The number of benzene rings is 1. The number of ether oxygens (including phenoxy) is 2. The number of hydrogen-bond acceptors (Lipinski definition) is 4. The molecule has 1 atom stereocenters. The molecular formula is C15H23NO3. The van der Waals surface area contributed by atoms with Crippen molar-refractivity contribution in [3.05, 3.63) is 29.8 Å². The molecule has 1 aromatic rings. The third-order valence-corrected chi connectivity index (χ3v) is 2.95. The highest BCUT2D eigenvalue weighted by molar-refractivity contribution is 5.73. The highest BCUT2D eigenvalue weighted by atomic mass is 16.5. The van der Waals surface area contributed by atoms with Crippen LogP contribution in [-0.2, 0) is 16.0 Å². The molecule has 4 nitrogen and oxygen atoms in total. The van der Waals surface area contributed by atoms with Crippen molar-refractivity contribution in [3.63, 3.8) is 0 Å². The predicted molar refractivity (Wildman–Crippen MR) is 75.3 cm³/mol. The first-order chi connectivity index (χ1) is 9.06. The van der Waals surface area contributed by atoms with E-state index in [2.05, 4.69) is 19.2 Å². The molecule has 1 rings (SSSR count). The molecule has 106 valence electrons. The lowest BCUT2D eigenvalue weighted by Crippen LogP contribution is -2.34. The molecule has 0 aliphatic rings. The number of hydrogen-bond donors (Lipinski definition) is 1. The van der Waals surface area contributed by atoms with Gasteiger partial charge in [0.25, 0.3) is 0 Å². The van der Waals surface area contributed by atoms with E-state index in [4.69, 9.17) is 9.47 Å². The first-order valence-electron chi connectivity index (χ1n) is 6.51. The van der Waals surface area contributed by atoms with Gasteiger partial charge in [0.2, 0.25) is 0 Å². The predicted octanol–water partition coefficient (Wildman–Crippen LogP) is 2.02. The molecule has 1 N–H and O–H groups in total. The average Bonchev–Trinajstić information content (AvgIpc) is 2.43. The summed E-state index contributed by atoms with van der Waals surface area (Å²) < 4.78 is 9.98. The van der Waals surface area contributed by atoms with Gasteiger partial charge in [0, 0.05) is 12.6 Å². The number of methoxy groups -OCH3 is 2. The van der Waals surface area contributed by atoms with Gasteiger partial charge in [0.1, 0.15) is 5.75 Å². The molecule has 0 saturated heterocycles. The van der Waals surface area contributed by atoms with Crippen molar-refractivity contribution in [1.29, 1.82) is 0 Å². The summed E-state index contributed by atoms with van der Waals surface area (Å²) in [5, 5.41) is 3.28. The fourth-order valence-corrected chi connectivity index (χ4v) is 1.83. The summed E-state index contributed by atoms with van der Waals surface area (Å²) in [5.74, 6) is 0.475. The second kappa shape index (κ2) is 7.79. The van der Waals surface area contributed by atoms with E-state index >= 15 is 0 Å². The van der Waals surface area contributed by atoms with Crippen LogP contribution in [0.5, 0.6) is 5.75 Å². The standard InChI is InChI=1S/C15H23NO3/c1-11(2)16-10-13(15(17)19-4)9-12-5-7-14(18-3)8-6-12/h5-8,11,13,16H,9-10H2,1-4H3. The van der Waals surface area contributed by atoms with Gasteiger partial charge < -0.3 is 14.8 Å². The van der Waals surface area contributed by atoms with Gasteiger partial charge in [-0.1, -0.05) is 26.0 Å². The highest BCUT2D eigenvalue weighted by Gasteiger charge is 2.19. The zero-order valence-electron chi connectivity index (χ0n) is 12.1. The topological polar surface area (TPSA) is 47.6 Å². The Morgan fingerprint density at radius 3 is 2.32 bits per heavy atom.